The fourth-order valence-corrected chi connectivity index (χ4v) is 3.65. The Kier molecular flexibility index (Phi) is 4.46. The highest BCUT2D eigenvalue weighted by molar-refractivity contribution is 5.94. The number of amides is 1. The Hall–Kier alpha value is -2.31. The number of carbonyl (C=O) groups is 1. The van der Waals surface area contributed by atoms with Crippen LogP contribution in [0.1, 0.15) is 15.9 Å². The van der Waals surface area contributed by atoms with Crippen LogP contribution in [-0.4, -0.2) is 59.1 Å². The highest BCUT2D eigenvalue weighted by Gasteiger charge is 2.41. The predicted molar refractivity (Wildman–Crippen MR) is 90.5 cm³/mol. The SMILES string of the molecule is O=C(c1cccc(F)c1)N1CC2OCCN(Cc3cccnc3)C2C1. The van der Waals surface area contributed by atoms with Crippen molar-refractivity contribution in [3.05, 3.63) is 65.7 Å². The van der Waals surface area contributed by atoms with Crippen LogP contribution in [0, 0.1) is 5.82 Å². The van der Waals surface area contributed by atoms with Crippen LogP contribution in [0.2, 0.25) is 0 Å². The van der Waals surface area contributed by atoms with Gasteiger partial charge >= 0.3 is 0 Å². The monoisotopic (exact) mass is 341 g/mol. The number of aromatic nitrogens is 1. The topological polar surface area (TPSA) is 45.7 Å². The molecule has 130 valence electrons. The minimum Gasteiger partial charge on any atom is -0.373 e. The minimum atomic E-state index is -0.392. The number of hydrogen-bond donors (Lipinski definition) is 0. The molecule has 0 N–H and O–H groups in total. The highest BCUT2D eigenvalue weighted by Crippen LogP contribution is 2.25. The molecular weight excluding hydrogens is 321 g/mol. The van der Waals surface area contributed by atoms with Crippen molar-refractivity contribution in [2.24, 2.45) is 0 Å². The molecule has 3 heterocycles. The summed E-state index contributed by atoms with van der Waals surface area (Å²) in [5.74, 6) is -0.532. The van der Waals surface area contributed by atoms with Crippen LogP contribution in [0.25, 0.3) is 0 Å². The fraction of sp³-hybridized carbons (Fsp3) is 0.368. The average molecular weight is 341 g/mol. The number of rotatable bonds is 3. The van der Waals surface area contributed by atoms with Gasteiger partial charge in [0.2, 0.25) is 0 Å². The van der Waals surface area contributed by atoms with E-state index >= 15 is 0 Å². The van der Waals surface area contributed by atoms with Crippen LogP contribution in [0.5, 0.6) is 0 Å². The number of likely N-dealkylation sites (tertiary alicyclic amines) is 1. The van der Waals surface area contributed by atoms with Gasteiger partial charge < -0.3 is 9.64 Å². The first kappa shape index (κ1) is 16.2. The minimum absolute atomic E-state index is 0.00271. The summed E-state index contributed by atoms with van der Waals surface area (Å²) in [6, 6.07) is 10.0. The van der Waals surface area contributed by atoms with Crippen LogP contribution in [0.4, 0.5) is 4.39 Å². The van der Waals surface area contributed by atoms with Crippen LogP contribution < -0.4 is 0 Å². The summed E-state index contributed by atoms with van der Waals surface area (Å²) in [4.78, 5) is 21.0. The summed E-state index contributed by atoms with van der Waals surface area (Å²) in [5, 5.41) is 0. The first-order valence-corrected chi connectivity index (χ1v) is 8.50. The van der Waals surface area contributed by atoms with Crippen molar-refractivity contribution >= 4 is 5.91 Å². The molecule has 0 saturated carbocycles. The number of benzene rings is 1. The molecule has 2 fully saturated rings. The molecule has 0 bridgehead atoms. The number of pyridine rings is 1. The second-order valence-corrected chi connectivity index (χ2v) is 6.53. The van der Waals surface area contributed by atoms with Gasteiger partial charge in [0.05, 0.1) is 18.8 Å². The molecule has 4 rings (SSSR count). The molecule has 2 aliphatic rings. The molecule has 0 radical (unpaired) electrons. The maximum atomic E-state index is 13.4. The van der Waals surface area contributed by atoms with Gasteiger partial charge in [0.1, 0.15) is 5.82 Å². The van der Waals surface area contributed by atoms with E-state index in [1.165, 1.54) is 12.1 Å². The van der Waals surface area contributed by atoms with Gasteiger partial charge in [0.25, 0.3) is 5.91 Å². The lowest BCUT2D eigenvalue weighted by molar-refractivity contribution is -0.0503. The Bertz CT molecular complexity index is 755. The van der Waals surface area contributed by atoms with Gasteiger partial charge in [-0.05, 0) is 29.8 Å². The van der Waals surface area contributed by atoms with Crippen molar-refractivity contribution < 1.29 is 13.9 Å². The second kappa shape index (κ2) is 6.90. The maximum absolute atomic E-state index is 13.4. The molecule has 5 nitrogen and oxygen atoms in total. The smallest absolute Gasteiger partial charge is 0.254 e. The van der Waals surface area contributed by atoms with E-state index in [0.29, 0.717) is 25.3 Å². The van der Waals surface area contributed by atoms with Gasteiger partial charge in [-0.1, -0.05) is 12.1 Å². The molecule has 1 amide bonds. The molecule has 0 aliphatic carbocycles. The van der Waals surface area contributed by atoms with Gasteiger partial charge in [-0.2, -0.15) is 0 Å². The molecule has 0 spiro atoms. The molecule has 2 saturated heterocycles. The van der Waals surface area contributed by atoms with Crippen molar-refractivity contribution in [3.8, 4) is 0 Å². The summed E-state index contributed by atoms with van der Waals surface area (Å²) in [7, 11) is 0. The third-order valence-corrected chi connectivity index (χ3v) is 4.88. The summed E-state index contributed by atoms with van der Waals surface area (Å²) in [6.07, 6.45) is 3.64. The molecule has 2 unspecified atom stereocenters. The normalized spacial score (nSPS) is 23.5. The number of carbonyl (C=O) groups excluding carboxylic acids is 1. The number of fused-ring (bicyclic) bond motifs is 1. The molecular formula is C19H20FN3O2. The molecule has 1 aromatic carbocycles. The molecule has 2 aliphatic heterocycles. The Morgan fingerprint density at radius 3 is 3.00 bits per heavy atom. The van der Waals surface area contributed by atoms with Gasteiger partial charge in [-0.25, -0.2) is 4.39 Å². The highest BCUT2D eigenvalue weighted by atomic mass is 19.1. The summed E-state index contributed by atoms with van der Waals surface area (Å²) in [6.45, 7) is 3.42. The fourth-order valence-electron chi connectivity index (χ4n) is 3.65. The maximum Gasteiger partial charge on any atom is 0.254 e. The van der Waals surface area contributed by atoms with Gasteiger partial charge in [-0.3, -0.25) is 14.7 Å². The van der Waals surface area contributed by atoms with Gasteiger partial charge in [0.15, 0.2) is 0 Å². The summed E-state index contributed by atoms with van der Waals surface area (Å²) in [5.41, 5.74) is 1.54. The predicted octanol–water partition coefficient (Wildman–Crippen LogP) is 1.95. The molecule has 2 aromatic rings. The lowest BCUT2D eigenvalue weighted by Crippen LogP contribution is -2.50. The van der Waals surface area contributed by atoms with E-state index in [0.717, 1.165) is 18.7 Å². The zero-order valence-electron chi connectivity index (χ0n) is 13.8. The second-order valence-electron chi connectivity index (χ2n) is 6.53. The number of hydrogen-bond acceptors (Lipinski definition) is 4. The van der Waals surface area contributed by atoms with E-state index in [1.807, 2.05) is 12.3 Å². The average Bonchev–Trinajstić information content (AvgIpc) is 3.07. The third kappa shape index (κ3) is 3.41. The van der Waals surface area contributed by atoms with Crippen molar-refractivity contribution in [3.63, 3.8) is 0 Å². The van der Waals surface area contributed by atoms with E-state index in [9.17, 15) is 9.18 Å². The molecule has 2 atom stereocenters. The van der Waals surface area contributed by atoms with E-state index in [4.69, 9.17) is 4.74 Å². The Morgan fingerprint density at radius 2 is 2.20 bits per heavy atom. The first-order chi connectivity index (χ1) is 12.2. The zero-order chi connectivity index (χ0) is 17.2. The Balaban J connectivity index is 1.48. The van der Waals surface area contributed by atoms with Crippen molar-refractivity contribution in [2.75, 3.05) is 26.2 Å². The molecule has 6 heteroatoms. The quantitative estimate of drug-likeness (QED) is 0.856. The largest absolute Gasteiger partial charge is 0.373 e. The van der Waals surface area contributed by atoms with Crippen LogP contribution in [0.15, 0.2) is 48.8 Å². The van der Waals surface area contributed by atoms with E-state index < -0.39 is 5.82 Å². The standard InChI is InChI=1S/C19H20FN3O2/c20-16-5-1-4-15(9-16)19(24)23-12-17-18(13-23)25-8-7-22(17)11-14-3-2-6-21-10-14/h1-6,9-10,17-18H,7-8,11-13H2. The first-order valence-electron chi connectivity index (χ1n) is 8.50. The van der Waals surface area contributed by atoms with E-state index in [1.54, 1.807) is 23.2 Å². The van der Waals surface area contributed by atoms with Gasteiger partial charge in [0, 0.05) is 44.1 Å². The lowest BCUT2D eigenvalue weighted by Gasteiger charge is -2.36. The number of morpholine rings is 1. The van der Waals surface area contributed by atoms with Crippen LogP contribution in [0.3, 0.4) is 0 Å². The lowest BCUT2D eigenvalue weighted by atomic mass is 10.1. The summed E-state index contributed by atoms with van der Waals surface area (Å²) < 4.78 is 19.3. The molecule has 1 aromatic heterocycles. The number of halogens is 1. The summed E-state index contributed by atoms with van der Waals surface area (Å²) >= 11 is 0. The van der Waals surface area contributed by atoms with E-state index in [2.05, 4.69) is 16.0 Å². The zero-order valence-corrected chi connectivity index (χ0v) is 13.8. The van der Waals surface area contributed by atoms with E-state index in [-0.39, 0.29) is 18.1 Å². The van der Waals surface area contributed by atoms with Crippen LogP contribution >= 0.6 is 0 Å². The number of nitrogens with zero attached hydrogens (tertiary/aromatic N) is 3. The van der Waals surface area contributed by atoms with Crippen molar-refractivity contribution in [2.45, 2.75) is 18.7 Å². The Labute approximate surface area is 146 Å². The number of ether oxygens (including phenoxy) is 1. The third-order valence-electron chi connectivity index (χ3n) is 4.88. The van der Waals surface area contributed by atoms with Crippen molar-refractivity contribution in [1.29, 1.82) is 0 Å². The molecule has 25 heavy (non-hydrogen) atoms. The van der Waals surface area contributed by atoms with Crippen LogP contribution in [-0.2, 0) is 11.3 Å². The van der Waals surface area contributed by atoms with Crippen molar-refractivity contribution in [1.82, 2.24) is 14.8 Å². The Morgan fingerprint density at radius 1 is 1.28 bits per heavy atom. The van der Waals surface area contributed by atoms with Gasteiger partial charge in [-0.15, -0.1) is 0 Å².